The first-order valence-electron chi connectivity index (χ1n) is 5.15. The van der Waals surface area contributed by atoms with Gasteiger partial charge in [-0.25, -0.2) is 0 Å². The number of rotatable bonds is 4. The fraction of sp³-hybridized carbons (Fsp3) is 0.500. The van der Waals surface area contributed by atoms with Gasteiger partial charge in [-0.3, -0.25) is 14.8 Å². The third-order valence-corrected chi connectivity index (χ3v) is 2.28. The van der Waals surface area contributed by atoms with Crippen LogP contribution in [-0.2, 0) is 0 Å². The van der Waals surface area contributed by atoms with Gasteiger partial charge in [0.05, 0.1) is 34.2 Å². The average Bonchev–Trinajstić information content (AvgIpc) is 2.13. The molecule has 1 aromatic rings. The summed E-state index contributed by atoms with van der Waals surface area (Å²) in [5, 5.41) is 9.49. The SMILES string of the molecule is C[N+](C)(C)CCN=Cc1c(O)[nH]c(=S)[nH]c1=O. The number of likely N-dealkylation sites (N-methyl/N-ethyl adjacent to an activating group) is 1. The fourth-order valence-electron chi connectivity index (χ4n) is 1.12. The van der Waals surface area contributed by atoms with Gasteiger partial charge < -0.3 is 14.6 Å². The highest BCUT2D eigenvalue weighted by Gasteiger charge is 2.06. The van der Waals surface area contributed by atoms with Crippen LogP contribution in [0.3, 0.4) is 0 Å². The highest BCUT2D eigenvalue weighted by Crippen LogP contribution is 2.03. The zero-order valence-electron chi connectivity index (χ0n) is 10.1. The molecule has 0 atom stereocenters. The molecule has 94 valence electrons. The summed E-state index contributed by atoms with van der Waals surface area (Å²) in [7, 11) is 6.17. The van der Waals surface area contributed by atoms with E-state index in [0.29, 0.717) is 6.54 Å². The van der Waals surface area contributed by atoms with Crippen LogP contribution in [0, 0.1) is 4.77 Å². The number of hydrogen-bond donors (Lipinski definition) is 3. The number of aromatic amines is 2. The highest BCUT2D eigenvalue weighted by molar-refractivity contribution is 7.71. The Kier molecular flexibility index (Phi) is 4.19. The van der Waals surface area contributed by atoms with Crippen molar-refractivity contribution in [3.05, 3.63) is 20.7 Å². The highest BCUT2D eigenvalue weighted by atomic mass is 32.1. The summed E-state index contributed by atoms with van der Waals surface area (Å²) in [6.07, 6.45) is 1.36. The van der Waals surface area contributed by atoms with Crippen molar-refractivity contribution in [2.24, 2.45) is 4.99 Å². The molecule has 3 N–H and O–H groups in total. The molecule has 1 aromatic heterocycles. The maximum Gasteiger partial charge on any atom is 0.264 e. The summed E-state index contributed by atoms with van der Waals surface area (Å²) in [5.74, 6) is -0.257. The molecule has 0 amide bonds. The summed E-state index contributed by atoms with van der Waals surface area (Å²) >= 11 is 4.71. The Bertz CT molecular complexity index is 524. The van der Waals surface area contributed by atoms with Crippen LogP contribution in [0.4, 0.5) is 0 Å². The largest absolute Gasteiger partial charge is 0.494 e. The Morgan fingerprint density at radius 2 is 2.06 bits per heavy atom. The van der Waals surface area contributed by atoms with Gasteiger partial charge in [-0.15, -0.1) is 0 Å². The maximum absolute atomic E-state index is 11.5. The van der Waals surface area contributed by atoms with Crippen LogP contribution in [0.15, 0.2) is 9.79 Å². The zero-order valence-corrected chi connectivity index (χ0v) is 11.0. The third-order valence-electron chi connectivity index (χ3n) is 2.08. The number of aromatic hydroxyl groups is 1. The van der Waals surface area contributed by atoms with Crippen LogP contribution in [0.25, 0.3) is 0 Å². The van der Waals surface area contributed by atoms with Gasteiger partial charge >= 0.3 is 0 Å². The second-order valence-corrected chi connectivity index (χ2v) is 5.13. The number of nitrogens with zero attached hydrogens (tertiary/aromatic N) is 2. The number of H-pyrrole nitrogens is 2. The third kappa shape index (κ3) is 4.49. The molecule has 1 rings (SSSR count). The number of nitrogens with one attached hydrogen (secondary N) is 2. The van der Waals surface area contributed by atoms with Crippen LogP contribution in [-0.4, -0.2) is 60.0 Å². The summed E-state index contributed by atoms with van der Waals surface area (Å²) in [6, 6.07) is 0. The molecule has 0 aromatic carbocycles. The van der Waals surface area contributed by atoms with E-state index in [1.165, 1.54) is 6.21 Å². The molecule has 0 aliphatic carbocycles. The molecule has 0 aliphatic rings. The molecule has 7 heteroatoms. The van der Waals surface area contributed by atoms with Crippen molar-refractivity contribution in [2.45, 2.75) is 0 Å². The molecule has 0 fully saturated rings. The molecule has 0 radical (unpaired) electrons. The number of hydrogen-bond acceptors (Lipinski definition) is 4. The van der Waals surface area contributed by atoms with E-state index in [9.17, 15) is 9.90 Å². The van der Waals surface area contributed by atoms with Gasteiger partial charge in [-0.05, 0) is 12.2 Å². The molecule has 0 unspecified atom stereocenters. The number of aliphatic imine (C=N–C) groups is 1. The van der Waals surface area contributed by atoms with Gasteiger partial charge in [0, 0.05) is 6.21 Å². The minimum Gasteiger partial charge on any atom is -0.494 e. The Hall–Kier alpha value is -1.47. The van der Waals surface area contributed by atoms with E-state index in [1.807, 2.05) is 0 Å². The predicted molar refractivity (Wildman–Crippen MR) is 69.3 cm³/mol. The summed E-state index contributed by atoms with van der Waals surface area (Å²) in [6.45, 7) is 1.43. The standard InChI is InChI=1S/C10H16N4O2S/c1-14(2,3)5-4-11-6-7-8(15)12-10(17)13-9(7)16/h6H,4-5H2,1-3H3,(H2-,11,12,13,15,16,17)/p+1. The van der Waals surface area contributed by atoms with Gasteiger partial charge in [-0.1, -0.05) is 0 Å². The van der Waals surface area contributed by atoms with Crippen molar-refractivity contribution in [1.82, 2.24) is 9.97 Å². The van der Waals surface area contributed by atoms with E-state index in [1.54, 1.807) is 0 Å². The van der Waals surface area contributed by atoms with Crippen LogP contribution in [0.2, 0.25) is 0 Å². The first kappa shape index (κ1) is 13.6. The van der Waals surface area contributed by atoms with Crippen molar-refractivity contribution in [3.8, 4) is 5.88 Å². The molecular formula is C10H17N4O2S+. The fourth-order valence-corrected chi connectivity index (χ4v) is 1.31. The van der Waals surface area contributed by atoms with Gasteiger partial charge in [0.2, 0.25) is 5.88 Å². The first-order valence-corrected chi connectivity index (χ1v) is 5.56. The predicted octanol–water partition coefficient (Wildman–Crippen LogP) is 0.263. The van der Waals surface area contributed by atoms with E-state index in [-0.39, 0.29) is 16.2 Å². The average molecular weight is 257 g/mol. The molecule has 1 heterocycles. The minimum absolute atomic E-state index is 0.0935. The Morgan fingerprint density at radius 1 is 1.41 bits per heavy atom. The molecular weight excluding hydrogens is 240 g/mol. The molecule has 0 bridgehead atoms. The quantitative estimate of drug-likeness (QED) is 0.411. The molecule has 17 heavy (non-hydrogen) atoms. The second-order valence-electron chi connectivity index (χ2n) is 4.72. The first-order chi connectivity index (χ1) is 7.79. The number of aromatic nitrogens is 2. The molecule has 0 saturated heterocycles. The normalized spacial score (nSPS) is 12.2. The number of quaternary nitrogens is 1. The monoisotopic (exact) mass is 257 g/mol. The van der Waals surface area contributed by atoms with E-state index < -0.39 is 5.56 Å². The van der Waals surface area contributed by atoms with Crippen molar-refractivity contribution < 1.29 is 9.59 Å². The smallest absolute Gasteiger partial charge is 0.264 e. The Balaban J connectivity index is 2.79. The summed E-state index contributed by atoms with van der Waals surface area (Å²) < 4.78 is 0.882. The van der Waals surface area contributed by atoms with E-state index in [0.717, 1.165) is 11.0 Å². The van der Waals surface area contributed by atoms with Gasteiger partial charge in [0.15, 0.2) is 4.77 Å². The van der Waals surface area contributed by atoms with Crippen LogP contribution < -0.4 is 5.56 Å². The van der Waals surface area contributed by atoms with Gasteiger partial charge in [0.25, 0.3) is 5.56 Å². The van der Waals surface area contributed by atoms with Gasteiger partial charge in [0.1, 0.15) is 5.56 Å². The van der Waals surface area contributed by atoms with Crippen molar-refractivity contribution in [2.75, 3.05) is 34.2 Å². The zero-order chi connectivity index (χ0) is 13.1. The lowest BCUT2D eigenvalue weighted by molar-refractivity contribution is -0.868. The topological polar surface area (TPSA) is 81.2 Å². The van der Waals surface area contributed by atoms with E-state index in [2.05, 4.69) is 36.1 Å². The molecule has 0 spiro atoms. The van der Waals surface area contributed by atoms with Crippen LogP contribution in [0.1, 0.15) is 5.56 Å². The lowest BCUT2D eigenvalue weighted by Gasteiger charge is -2.22. The maximum atomic E-state index is 11.5. The molecule has 0 aliphatic heterocycles. The van der Waals surface area contributed by atoms with Crippen molar-refractivity contribution in [1.29, 1.82) is 0 Å². The van der Waals surface area contributed by atoms with Crippen molar-refractivity contribution >= 4 is 18.4 Å². The molecule has 0 saturated carbocycles. The lowest BCUT2D eigenvalue weighted by Crippen LogP contribution is -2.36. The van der Waals surface area contributed by atoms with E-state index in [4.69, 9.17) is 12.2 Å². The minimum atomic E-state index is -0.444. The van der Waals surface area contributed by atoms with Gasteiger partial charge in [-0.2, -0.15) is 0 Å². The Morgan fingerprint density at radius 3 is 2.59 bits per heavy atom. The Labute approximate surface area is 104 Å². The van der Waals surface area contributed by atoms with Crippen LogP contribution in [0.5, 0.6) is 5.88 Å². The second kappa shape index (κ2) is 5.24. The molecule has 6 nitrogen and oxygen atoms in total. The van der Waals surface area contributed by atoms with Crippen LogP contribution >= 0.6 is 12.2 Å². The summed E-state index contributed by atoms with van der Waals surface area (Å²) in [4.78, 5) is 20.4. The van der Waals surface area contributed by atoms with Crippen molar-refractivity contribution in [3.63, 3.8) is 0 Å². The van der Waals surface area contributed by atoms with E-state index >= 15 is 0 Å². The summed E-state index contributed by atoms with van der Waals surface area (Å²) in [5.41, 5.74) is -0.347. The lowest BCUT2D eigenvalue weighted by atomic mass is 10.3.